The highest BCUT2D eigenvalue weighted by molar-refractivity contribution is 6.31. The van der Waals surface area contributed by atoms with Gasteiger partial charge in [0.15, 0.2) is 23.0 Å². The van der Waals surface area contributed by atoms with Crippen molar-refractivity contribution in [3.8, 4) is 23.0 Å². The molecule has 6 aromatic rings. The van der Waals surface area contributed by atoms with Gasteiger partial charge in [-0.2, -0.15) is 0 Å². The molecule has 0 radical (unpaired) electrons. The molecule has 0 spiro atoms. The zero-order valence-corrected chi connectivity index (χ0v) is 42.2. The number of carbonyl (C=O) groups is 2. The number of cyclic esters (lactones) is 1. The molecular formula is C51H57Cl2F2N9O8. The molecule has 382 valence electrons. The van der Waals surface area contributed by atoms with Gasteiger partial charge in [-0.25, -0.2) is 33.5 Å². The van der Waals surface area contributed by atoms with E-state index in [1.807, 2.05) is 39.0 Å². The van der Waals surface area contributed by atoms with Gasteiger partial charge >= 0.3 is 12.1 Å². The standard InChI is InChI=1S/C26H29ClFN5O4.C25H28ClFN4O4/c1-35-23-14-22-19(26(30-16-29-22)31-17-2-3-21(28)20(27)12-17)13-24(23)36-10-8-32-6-4-18(5-7-32)33-9-11-37-25(34)15-33;1-25(2,3)35-24(32)31-9-7-16(8-10-31)34-22-12-17-20(13-21(22)33-4)28-14-29-23(17)30-15-5-6-19(27)18(26)11-15/h2-3,12-14,16,18H,4-11,15H2,1H3,(H,29,30,31);5-6,11-14,16H,7-10H2,1-4H3,(H,28,29,30). The first-order chi connectivity index (χ1) is 34.6. The van der Waals surface area contributed by atoms with Gasteiger partial charge in [0.2, 0.25) is 0 Å². The molecule has 3 fully saturated rings. The molecule has 17 nitrogen and oxygen atoms in total. The normalized spacial score (nSPS) is 16.1. The molecule has 0 unspecified atom stereocenters. The molecule has 0 bridgehead atoms. The fraction of sp³-hybridized carbons (Fsp3) is 0.412. The molecule has 1 amide bonds. The first-order valence-corrected chi connectivity index (χ1v) is 24.4. The van der Waals surface area contributed by atoms with Gasteiger partial charge in [-0.05, 0) is 95.2 Å². The summed E-state index contributed by atoms with van der Waals surface area (Å²) in [6.07, 6.45) is 5.83. The average molecular weight is 1030 g/mol. The van der Waals surface area contributed by atoms with Crippen LogP contribution in [0.2, 0.25) is 10.0 Å². The molecule has 3 aliphatic heterocycles. The maximum Gasteiger partial charge on any atom is 0.410 e. The highest BCUT2D eigenvalue weighted by Gasteiger charge is 2.30. The summed E-state index contributed by atoms with van der Waals surface area (Å²) in [5.74, 6) is 2.21. The van der Waals surface area contributed by atoms with Crippen LogP contribution in [-0.4, -0.2) is 138 Å². The number of rotatable bonds is 13. The maximum absolute atomic E-state index is 13.6. The van der Waals surface area contributed by atoms with Gasteiger partial charge in [0, 0.05) is 79.3 Å². The number of benzene rings is 4. The van der Waals surface area contributed by atoms with Crippen LogP contribution >= 0.6 is 23.2 Å². The second-order valence-electron chi connectivity index (χ2n) is 18.4. The number of morpholine rings is 1. The summed E-state index contributed by atoms with van der Waals surface area (Å²) in [5.41, 5.74) is 1.99. The minimum absolute atomic E-state index is 0.0109. The van der Waals surface area contributed by atoms with Crippen LogP contribution in [0.4, 0.5) is 36.6 Å². The highest BCUT2D eigenvalue weighted by Crippen LogP contribution is 2.38. The average Bonchev–Trinajstić information content (AvgIpc) is 3.36. The van der Waals surface area contributed by atoms with Gasteiger partial charge < -0.3 is 44.0 Å². The minimum Gasteiger partial charge on any atom is -0.493 e. The number of aromatic nitrogens is 4. The number of likely N-dealkylation sites (tertiary alicyclic amines) is 2. The number of nitrogens with one attached hydrogen (secondary N) is 2. The van der Waals surface area contributed by atoms with E-state index in [1.165, 1.54) is 36.9 Å². The van der Waals surface area contributed by atoms with Crippen molar-refractivity contribution < 1.29 is 46.8 Å². The largest absolute Gasteiger partial charge is 0.493 e. The number of carbonyl (C=O) groups excluding carboxylic acids is 2. The number of methoxy groups -OCH3 is 2. The number of hydrogen-bond acceptors (Lipinski definition) is 16. The van der Waals surface area contributed by atoms with Gasteiger partial charge in [-0.1, -0.05) is 23.2 Å². The Labute approximate surface area is 426 Å². The van der Waals surface area contributed by atoms with Crippen molar-refractivity contribution in [2.24, 2.45) is 0 Å². The zero-order chi connectivity index (χ0) is 50.9. The Hall–Kier alpha value is -6.54. The molecule has 4 aromatic carbocycles. The molecule has 0 atom stereocenters. The highest BCUT2D eigenvalue weighted by atomic mass is 35.5. The Kier molecular flexibility index (Phi) is 16.8. The Morgan fingerprint density at radius 3 is 1.82 bits per heavy atom. The van der Waals surface area contributed by atoms with Crippen molar-refractivity contribution in [2.75, 3.05) is 83.9 Å². The van der Waals surface area contributed by atoms with E-state index in [9.17, 15) is 18.4 Å². The summed E-state index contributed by atoms with van der Waals surface area (Å²) in [4.78, 5) is 47.7. The van der Waals surface area contributed by atoms with Crippen LogP contribution in [0, 0.1) is 11.6 Å². The summed E-state index contributed by atoms with van der Waals surface area (Å²) < 4.78 is 61.2. The number of amides is 1. The molecule has 2 N–H and O–H groups in total. The number of halogens is 4. The second-order valence-corrected chi connectivity index (χ2v) is 19.2. The zero-order valence-electron chi connectivity index (χ0n) is 40.7. The molecule has 72 heavy (non-hydrogen) atoms. The van der Waals surface area contributed by atoms with Crippen molar-refractivity contribution >= 4 is 80.1 Å². The van der Waals surface area contributed by atoms with E-state index in [-0.39, 0.29) is 28.2 Å². The van der Waals surface area contributed by atoms with Gasteiger partial charge in [0.25, 0.3) is 0 Å². The van der Waals surface area contributed by atoms with Gasteiger partial charge in [-0.15, -0.1) is 0 Å². The van der Waals surface area contributed by atoms with Crippen LogP contribution in [0.5, 0.6) is 23.0 Å². The summed E-state index contributed by atoms with van der Waals surface area (Å²) in [7, 11) is 3.16. The number of esters is 1. The Balaban J connectivity index is 0.000000193. The monoisotopic (exact) mass is 1030 g/mol. The molecule has 21 heteroatoms. The van der Waals surface area contributed by atoms with Crippen LogP contribution < -0.4 is 29.6 Å². The van der Waals surface area contributed by atoms with E-state index in [0.717, 1.165) is 44.4 Å². The number of anilines is 4. The first-order valence-electron chi connectivity index (χ1n) is 23.6. The summed E-state index contributed by atoms with van der Waals surface area (Å²) in [6.45, 7) is 11.5. The molecule has 0 saturated carbocycles. The lowest BCUT2D eigenvalue weighted by molar-refractivity contribution is -0.152. The third-order valence-electron chi connectivity index (χ3n) is 12.3. The molecule has 9 rings (SSSR count). The minimum atomic E-state index is -0.532. The predicted octanol–water partition coefficient (Wildman–Crippen LogP) is 9.83. The van der Waals surface area contributed by atoms with Gasteiger partial charge in [0.05, 0.1) is 41.8 Å². The van der Waals surface area contributed by atoms with Crippen LogP contribution in [-0.2, 0) is 14.3 Å². The quantitative estimate of drug-likeness (QED) is 0.105. The lowest BCUT2D eigenvalue weighted by Gasteiger charge is -2.39. The smallest absolute Gasteiger partial charge is 0.410 e. The second kappa shape index (κ2) is 23.3. The van der Waals surface area contributed by atoms with Crippen molar-refractivity contribution in [3.05, 3.63) is 95.0 Å². The molecule has 2 aromatic heterocycles. The molecule has 0 aliphatic carbocycles. The van der Waals surface area contributed by atoms with Crippen LogP contribution in [0.3, 0.4) is 0 Å². The van der Waals surface area contributed by atoms with Gasteiger partial charge in [0.1, 0.15) is 60.8 Å². The molecule has 5 heterocycles. The number of piperidine rings is 2. The fourth-order valence-electron chi connectivity index (χ4n) is 8.61. The molecule has 3 aliphatic rings. The Morgan fingerprint density at radius 1 is 0.736 bits per heavy atom. The topological polar surface area (TPSA) is 175 Å². The maximum atomic E-state index is 13.6. The van der Waals surface area contributed by atoms with E-state index >= 15 is 0 Å². The first kappa shape index (κ1) is 51.8. The van der Waals surface area contributed by atoms with Crippen LogP contribution in [0.1, 0.15) is 46.5 Å². The van der Waals surface area contributed by atoms with E-state index in [4.69, 9.17) is 51.6 Å². The number of hydrogen-bond donors (Lipinski definition) is 2. The van der Waals surface area contributed by atoms with E-state index < -0.39 is 17.2 Å². The third-order valence-corrected chi connectivity index (χ3v) is 12.9. The van der Waals surface area contributed by atoms with Crippen molar-refractivity contribution in [2.45, 2.75) is 64.2 Å². The van der Waals surface area contributed by atoms with Crippen molar-refractivity contribution in [1.29, 1.82) is 0 Å². The lowest BCUT2D eigenvalue weighted by Crippen LogP contribution is -2.50. The summed E-state index contributed by atoms with van der Waals surface area (Å²) >= 11 is 11.8. The van der Waals surface area contributed by atoms with Crippen molar-refractivity contribution in [1.82, 2.24) is 34.6 Å². The number of nitrogens with zero attached hydrogens (tertiary/aromatic N) is 7. The predicted molar refractivity (Wildman–Crippen MR) is 271 cm³/mol. The van der Waals surface area contributed by atoms with Crippen LogP contribution in [0.25, 0.3) is 21.8 Å². The number of fused-ring (bicyclic) bond motifs is 2. The molecule has 3 saturated heterocycles. The Morgan fingerprint density at radius 2 is 1.29 bits per heavy atom. The SMILES string of the molecule is COc1cc2ncnc(Nc3ccc(F)c(Cl)c3)c2cc1OC1CCN(C(=O)OC(C)(C)C)CC1.COc1cc2ncnc(Nc3ccc(F)c(Cl)c3)c2cc1OCCN1CCC(N2CCOC(=O)C2)CC1. The molecular weight excluding hydrogens is 976 g/mol. The lowest BCUT2D eigenvalue weighted by atomic mass is 10.0. The fourth-order valence-corrected chi connectivity index (χ4v) is 8.97. The van der Waals surface area contributed by atoms with Gasteiger partial charge in [-0.3, -0.25) is 14.6 Å². The third kappa shape index (κ3) is 13.3. The number of ether oxygens (including phenoxy) is 6. The Bertz CT molecular complexity index is 2880. The van der Waals surface area contributed by atoms with Crippen molar-refractivity contribution in [3.63, 3.8) is 0 Å². The van der Waals surface area contributed by atoms with Crippen LogP contribution in [0.15, 0.2) is 73.3 Å². The van der Waals surface area contributed by atoms with E-state index in [1.54, 1.807) is 37.3 Å². The van der Waals surface area contributed by atoms with E-state index in [2.05, 4.69) is 40.4 Å². The summed E-state index contributed by atoms with van der Waals surface area (Å²) in [5, 5.41) is 7.82. The van der Waals surface area contributed by atoms with E-state index in [0.29, 0.717) is 114 Å². The summed E-state index contributed by atoms with van der Waals surface area (Å²) in [6, 6.07) is 16.4.